The molecule has 1 heterocycles. The van der Waals surface area contributed by atoms with E-state index in [1.807, 2.05) is 12.1 Å². The molecule has 3 rings (SSSR count). The summed E-state index contributed by atoms with van der Waals surface area (Å²) in [5.74, 6) is -1.10. The van der Waals surface area contributed by atoms with Crippen LogP contribution in [0.1, 0.15) is 22.8 Å². The van der Waals surface area contributed by atoms with Crippen molar-refractivity contribution in [2.24, 2.45) is 0 Å². The minimum absolute atomic E-state index is 0.290. The molecule has 1 saturated heterocycles. The number of nitrogens with one attached hydrogen (secondary N) is 1. The van der Waals surface area contributed by atoms with E-state index in [-0.39, 0.29) is 11.3 Å². The fourth-order valence-corrected chi connectivity index (χ4v) is 3.61. The van der Waals surface area contributed by atoms with Crippen molar-refractivity contribution >= 4 is 23.0 Å². The number of carbonyl (C=O) groups is 1. The van der Waals surface area contributed by atoms with Crippen LogP contribution in [0.5, 0.6) is 5.75 Å². The standard InChI is InChI=1S/C22H25F3N4O4/c1-3-27-8-10-28(11-9-27)16-4-6-19(15(2)12-16)26-21(30)18-13-17(33-14-22(23,24)25)5-7-20(18)29(31)32/h4-7,12-13H,3,8-11,14H2,1-2H3,(H,26,30). The van der Waals surface area contributed by atoms with Gasteiger partial charge in [-0.3, -0.25) is 14.9 Å². The normalized spacial score (nSPS) is 14.8. The molecule has 0 radical (unpaired) electrons. The van der Waals surface area contributed by atoms with Gasteiger partial charge in [-0.05, 0) is 49.4 Å². The molecule has 2 aromatic rings. The van der Waals surface area contributed by atoms with Crippen molar-refractivity contribution in [3.63, 3.8) is 0 Å². The van der Waals surface area contributed by atoms with Crippen LogP contribution in [0, 0.1) is 17.0 Å². The Labute approximate surface area is 189 Å². The molecule has 1 amide bonds. The van der Waals surface area contributed by atoms with Crippen molar-refractivity contribution in [1.29, 1.82) is 0 Å². The number of nitro benzene ring substituents is 1. The SMILES string of the molecule is CCN1CCN(c2ccc(NC(=O)c3cc(OCC(F)(F)F)ccc3[N+](=O)[O-])c(C)c2)CC1. The smallest absolute Gasteiger partial charge is 0.422 e. The Morgan fingerprint density at radius 2 is 1.85 bits per heavy atom. The minimum atomic E-state index is -4.58. The molecule has 0 saturated carbocycles. The van der Waals surface area contributed by atoms with Crippen molar-refractivity contribution in [1.82, 2.24) is 4.90 Å². The number of hydrogen-bond acceptors (Lipinski definition) is 6. The van der Waals surface area contributed by atoms with Crippen LogP contribution in [-0.4, -0.2) is 61.2 Å². The first-order valence-electron chi connectivity index (χ1n) is 10.4. The lowest BCUT2D eigenvalue weighted by atomic mass is 10.1. The number of nitro groups is 1. The number of ether oxygens (including phenoxy) is 1. The summed E-state index contributed by atoms with van der Waals surface area (Å²) >= 11 is 0. The zero-order valence-corrected chi connectivity index (χ0v) is 18.3. The highest BCUT2D eigenvalue weighted by Gasteiger charge is 2.29. The number of benzene rings is 2. The maximum absolute atomic E-state index is 12.8. The molecule has 1 N–H and O–H groups in total. The first kappa shape index (κ1) is 24.3. The molecular formula is C22H25F3N4O4. The molecule has 1 fully saturated rings. The number of alkyl halides is 3. The van der Waals surface area contributed by atoms with Gasteiger partial charge in [0.05, 0.1) is 4.92 Å². The molecule has 0 bridgehead atoms. The Morgan fingerprint density at radius 1 is 1.15 bits per heavy atom. The number of piperazine rings is 1. The van der Waals surface area contributed by atoms with Gasteiger partial charge in [-0.25, -0.2) is 0 Å². The maximum atomic E-state index is 12.8. The molecule has 0 aromatic heterocycles. The monoisotopic (exact) mass is 466 g/mol. The third-order valence-corrected chi connectivity index (χ3v) is 5.45. The summed E-state index contributed by atoms with van der Waals surface area (Å²) in [6.07, 6.45) is -4.58. The molecule has 0 unspecified atom stereocenters. The van der Waals surface area contributed by atoms with Gasteiger partial charge in [0.1, 0.15) is 11.3 Å². The van der Waals surface area contributed by atoms with Gasteiger partial charge in [0.2, 0.25) is 0 Å². The van der Waals surface area contributed by atoms with Gasteiger partial charge < -0.3 is 19.9 Å². The quantitative estimate of drug-likeness (QED) is 0.485. The Hall–Kier alpha value is -3.34. The molecule has 1 aliphatic heterocycles. The summed E-state index contributed by atoms with van der Waals surface area (Å²) in [5.41, 5.74) is 1.29. The van der Waals surface area contributed by atoms with Gasteiger partial charge in [0, 0.05) is 43.6 Å². The van der Waals surface area contributed by atoms with Gasteiger partial charge in [-0.15, -0.1) is 0 Å². The zero-order chi connectivity index (χ0) is 24.2. The number of amides is 1. The second kappa shape index (κ2) is 10.1. The van der Waals surface area contributed by atoms with Gasteiger partial charge >= 0.3 is 6.18 Å². The summed E-state index contributed by atoms with van der Waals surface area (Å²) in [5, 5.41) is 14.0. The summed E-state index contributed by atoms with van der Waals surface area (Å²) in [6.45, 7) is 7.06. The largest absolute Gasteiger partial charge is 0.484 e. The Bertz CT molecular complexity index is 1020. The molecule has 0 spiro atoms. The highest BCUT2D eigenvalue weighted by Crippen LogP contribution is 2.28. The van der Waals surface area contributed by atoms with Gasteiger partial charge in [0.25, 0.3) is 11.6 Å². The number of hydrogen-bond donors (Lipinski definition) is 1. The molecule has 0 aliphatic carbocycles. The van der Waals surface area contributed by atoms with E-state index in [4.69, 9.17) is 0 Å². The zero-order valence-electron chi connectivity index (χ0n) is 18.3. The van der Waals surface area contributed by atoms with Gasteiger partial charge in [0.15, 0.2) is 6.61 Å². The van der Waals surface area contributed by atoms with Crippen molar-refractivity contribution in [2.45, 2.75) is 20.0 Å². The summed E-state index contributed by atoms with van der Waals surface area (Å²) in [4.78, 5) is 28.0. The van der Waals surface area contributed by atoms with Gasteiger partial charge in [-0.2, -0.15) is 13.2 Å². The number of likely N-dealkylation sites (N-methyl/N-ethyl adjacent to an activating group) is 1. The van der Waals surface area contributed by atoms with Gasteiger partial charge in [-0.1, -0.05) is 6.92 Å². The highest BCUT2D eigenvalue weighted by atomic mass is 19.4. The average Bonchev–Trinajstić information content (AvgIpc) is 2.78. The number of aryl methyl sites for hydroxylation is 1. The van der Waals surface area contributed by atoms with Crippen LogP contribution < -0.4 is 15.0 Å². The number of nitrogens with zero attached hydrogens (tertiary/aromatic N) is 3. The average molecular weight is 466 g/mol. The topological polar surface area (TPSA) is 88.0 Å². The summed E-state index contributed by atoms with van der Waals surface area (Å²) in [6, 6.07) is 8.42. The molecular weight excluding hydrogens is 441 g/mol. The van der Waals surface area contributed by atoms with E-state index in [9.17, 15) is 28.1 Å². The molecule has 11 heteroatoms. The first-order chi connectivity index (χ1) is 15.6. The fraction of sp³-hybridized carbons (Fsp3) is 0.409. The lowest BCUT2D eigenvalue weighted by Crippen LogP contribution is -2.46. The number of rotatable bonds is 7. The summed E-state index contributed by atoms with van der Waals surface area (Å²) in [7, 11) is 0. The van der Waals surface area contributed by atoms with Crippen molar-refractivity contribution in [2.75, 3.05) is 49.5 Å². The van der Waals surface area contributed by atoms with Crippen LogP contribution in [0.4, 0.5) is 30.2 Å². The van der Waals surface area contributed by atoms with E-state index >= 15 is 0 Å². The maximum Gasteiger partial charge on any atom is 0.422 e. The second-order valence-electron chi connectivity index (χ2n) is 7.71. The number of halogens is 3. The van der Waals surface area contributed by atoms with E-state index in [0.29, 0.717) is 5.69 Å². The molecule has 1 aliphatic rings. The lowest BCUT2D eigenvalue weighted by Gasteiger charge is -2.35. The Morgan fingerprint density at radius 3 is 2.42 bits per heavy atom. The molecule has 0 atom stereocenters. The van der Waals surface area contributed by atoms with E-state index in [2.05, 4.69) is 26.8 Å². The lowest BCUT2D eigenvalue weighted by molar-refractivity contribution is -0.385. The van der Waals surface area contributed by atoms with Crippen LogP contribution >= 0.6 is 0 Å². The molecule has 178 valence electrons. The number of anilines is 2. The van der Waals surface area contributed by atoms with E-state index in [1.54, 1.807) is 13.0 Å². The first-order valence-corrected chi connectivity index (χ1v) is 10.4. The van der Waals surface area contributed by atoms with E-state index in [0.717, 1.165) is 62.2 Å². The highest BCUT2D eigenvalue weighted by molar-refractivity contribution is 6.07. The van der Waals surface area contributed by atoms with Crippen LogP contribution in [0.25, 0.3) is 0 Å². The van der Waals surface area contributed by atoms with Crippen molar-refractivity contribution < 1.29 is 27.6 Å². The predicted molar refractivity (Wildman–Crippen MR) is 118 cm³/mol. The molecule has 33 heavy (non-hydrogen) atoms. The third kappa shape index (κ3) is 6.35. The minimum Gasteiger partial charge on any atom is -0.484 e. The van der Waals surface area contributed by atoms with Crippen LogP contribution in [0.3, 0.4) is 0 Å². The molecule has 8 nitrogen and oxygen atoms in total. The van der Waals surface area contributed by atoms with Crippen LogP contribution in [-0.2, 0) is 0 Å². The van der Waals surface area contributed by atoms with E-state index < -0.39 is 29.3 Å². The predicted octanol–water partition coefficient (Wildman–Crippen LogP) is 4.24. The van der Waals surface area contributed by atoms with E-state index in [1.165, 1.54) is 0 Å². The van der Waals surface area contributed by atoms with Crippen LogP contribution in [0.15, 0.2) is 36.4 Å². The fourth-order valence-electron chi connectivity index (χ4n) is 3.61. The second-order valence-corrected chi connectivity index (χ2v) is 7.71. The van der Waals surface area contributed by atoms with Crippen LogP contribution in [0.2, 0.25) is 0 Å². The number of carbonyl (C=O) groups excluding carboxylic acids is 1. The van der Waals surface area contributed by atoms with Crippen molar-refractivity contribution in [3.8, 4) is 5.75 Å². The Kier molecular flexibility index (Phi) is 7.42. The van der Waals surface area contributed by atoms with Crippen molar-refractivity contribution in [3.05, 3.63) is 57.6 Å². The summed E-state index contributed by atoms with van der Waals surface area (Å²) < 4.78 is 41.9. The third-order valence-electron chi connectivity index (χ3n) is 5.45. The molecule has 2 aromatic carbocycles. The Balaban J connectivity index is 1.76.